The van der Waals surface area contributed by atoms with Gasteiger partial charge < -0.3 is 10.1 Å². The molecule has 1 aliphatic carbocycles. The Morgan fingerprint density at radius 3 is 2.53 bits per heavy atom. The molecule has 110 valence electrons. The molecule has 1 rings (SSSR count). The van der Waals surface area contributed by atoms with Crippen molar-refractivity contribution in [3.05, 3.63) is 0 Å². The number of esters is 1. The molecule has 0 aromatic carbocycles. The number of ether oxygens (including phenoxy) is 1. The minimum atomic E-state index is -0.290. The van der Waals surface area contributed by atoms with E-state index in [4.69, 9.17) is 4.74 Å². The van der Waals surface area contributed by atoms with Crippen LogP contribution in [0.3, 0.4) is 0 Å². The summed E-state index contributed by atoms with van der Waals surface area (Å²) in [6.07, 6.45) is 5.12. The lowest BCUT2D eigenvalue weighted by atomic mass is 9.78. The molecule has 0 spiro atoms. The van der Waals surface area contributed by atoms with Gasteiger partial charge in [-0.2, -0.15) is 0 Å². The maximum atomic E-state index is 11.9. The second kappa shape index (κ2) is 8.18. The van der Waals surface area contributed by atoms with Crippen molar-refractivity contribution in [1.29, 1.82) is 0 Å². The SMILES string of the molecule is CCOC(=O)CCC(=O)NC1CCCCC1C(C)C. The lowest BCUT2D eigenvalue weighted by Gasteiger charge is -2.34. The van der Waals surface area contributed by atoms with Crippen LogP contribution in [0.1, 0.15) is 59.3 Å². The Kier molecular flexibility index (Phi) is 6.89. The fourth-order valence-corrected chi connectivity index (χ4v) is 2.86. The van der Waals surface area contributed by atoms with Gasteiger partial charge in [-0.25, -0.2) is 0 Å². The van der Waals surface area contributed by atoms with Gasteiger partial charge in [0.2, 0.25) is 5.91 Å². The van der Waals surface area contributed by atoms with Crippen molar-refractivity contribution in [3.8, 4) is 0 Å². The Labute approximate surface area is 116 Å². The van der Waals surface area contributed by atoms with Gasteiger partial charge in [0.15, 0.2) is 0 Å². The summed E-state index contributed by atoms with van der Waals surface area (Å²) in [4.78, 5) is 23.1. The molecule has 2 atom stereocenters. The van der Waals surface area contributed by atoms with E-state index in [0.717, 1.165) is 6.42 Å². The largest absolute Gasteiger partial charge is 0.466 e. The van der Waals surface area contributed by atoms with Gasteiger partial charge in [-0.15, -0.1) is 0 Å². The lowest BCUT2D eigenvalue weighted by Crippen LogP contribution is -2.44. The summed E-state index contributed by atoms with van der Waals surface area (Å²) >= 11 is 0. The van der Waals surface area contributed by atoms with Crippen molar-refractivity contribution in [2.24, 2.45) is 11.8 Å². The first-order valence-electron chi connectivity index (χ1n) is 7.49. The van der Waals surface area contributed by atoms with Crippen molar-refractivity contribution in [2.45, 2.75) is 65.3 Å². The van der Waals surface area contributed by atoms with E-state index in [-0.39, 0.29) is 30.8 Å². The van der Waals surface area contributed by atoms with Crippen LogP contribution < -0.4 is 5.32 Å². The van der Waals surface area contributed by atoms with Gasteiger partial charge in [0.05, 0.1) is 13.0 Å². The highest BCUT2D eigenvalue weighted by Gasteiger charge is 2.28. The smallest absolute Gasteiger partial charge is 0.306 e. The van der Waals surface area contributed by atoms with Gasteiger partial charge >= 0.3 is 5.97 Å². The second-order valence-corrected chi connectivity index (χ2v) is 5.67. The molecule has 1 aliphatic rings. The topological polar surface area (TPSA) is 55.4 Å². The summed E-state index contributed by atoms with van der Waals surface area (Å²) in [6.45, 7) is 6.58. The van der Waals surface area contributed by atoms with Gasteiger partial charge in [0, 0.05) is 12.5 Å². The molecule has 0 aromatic rings. The van der Waals surface area contributed by atoms with Crippen LogP contribution in [0.15, 0.2) is 0 Å². The summed E-state index contributed by atoms with van der Waals surface area (Å²) in [5, 5.41) is 3.10. The predicted octanol–water partition coefficient (Wildman–Crippen LogP) is 2.66. The van der Waals surface area contributed by atoms with E-state index < -0.39 is 0 Å². The first-order valence-corrected chi connectivity index (χ1v) is 7.49. The standard InChI is InChI=1S/C15H27NO3/c1-4-19-15(18)10-9-14(17)16-13-8-6-5-7-12(13)11(2)3/h11-13H,4-10H2,1-3H3,(H,16,17). The third kappa shape index (κ3) is 5.62. The molecule has 4 heteroatoms. The van der Waals surface area contributed by atoms with Crippen LogP contribution in [-0.2, 0) is 14.3 Å². The molecular weight excluding hydrogens is 242 g/mol. The highest BCUT2D eigenvalue weighted by Crippen LogP contribution is 2.30. The maximum Gasteiger partial charge on any atom is 0.306 e. The Balaban J connectivity index is 2.35. The molecule has 1 N–H and O–H groups in total. The van der Waals surface area contributed by atoms with Crippen molar-refractivity contribution in [3.63, 3.8) is 0 Å². The number of carbonyl (C=O) groups is 2. The number of carbonyl (C=O) groups excluding carboxylic acids is 2. The summed E-state index contributed by atoms with van der Waals surface area (Å²) in [7, 11) is 0. The number of hydrogen-bond acceptors (Lipinski definition) is 3. The first-order chi connectivity index (χ1) is 9.04. The summed E-state index contributed by atoms with van der Waals surface area (Å²) in [5.41, 5.74) is 0. The van der Waals surface area contributed by atoms with E-state index in [2.05, 4.69) is 19.2 Å². The predicted molar refractivity (Wildman–Crippen MR) is 74.6 cm³/mol. The number of rotatable bonds is 6. The Morgan fingerprint density at radius 1 is 1.21 bits per heavy atom. The first kappa shape index (κ1) is 16.0. The molecule has 0 radical (unpaired) electrons. The highest BCUT2D eigenvalue weighted by atomic mass is 16.5. The zero-order chi connectivity index (χ0) is 14.3. The van der Waals surface area contributed by atoms with E-state index in [9.17, 15) is 9.59 Å². The van der Waals surface area contributed by atoms with E-state index in [0.29, 0.717) is 18.4 Å². The minimum absolute atomic E-state index is 0.0226. The fraction of sp³-hybridized carbons (Fsp3) is 0.867. The molecular formula is C15H27NO3. The van der Waals surface area contributed by atoms with Crippen LogP contribution in [0, 0.1) is 11.8 Å². The zero-order valence-electron chi connectivity index (χ0n) is 12.4. The van der Waals surface area contributed by atoms with Crippen LogP contribution in [-0.4, -0.2) is 24.5 Å². The van der Waals surface area contributed by atoms with Gasteiger partial charge in [-0.3, -0.25) is 9.59 Å². The van der Waals surface area contributed by atoms with Crippen LogP contribution in [0.5, 0.6) is 0 Å². The Hall–Kier alpha value is -1.06. The van der Waals surface area contributed by atoms with E-state index in [1.807, 2.05) is 0 Å². The quantitative estimate of drug-likeness (QED) is 0.754. The third-order valence-corrected chi connectivity index (χ3v) is 3.88. The second-order valence-electron chi connectivity index (χ2n) is 5.67. The van der Waals surface area contributed by atoms with Crippen LogP contribution >= 0.6 is 0 Å². The summed E-state index contributed by atoms with van der Waals surface area (Å²) in [5.74, 6) is 0.850. The maximum absolute atomic E-state index is 11.9. The molecule has 0 heterocycles. The minimum Gasteiger partial charge on any atom is -0.466 e. The summed E-state index contributed by atoms with van der Waals surface area (Å²) in [6, 6.07) is 0.281. The monoisotopic (exact) mass is 269 g/mol. The van der Waals surface area contributed by atoms with Crippen LogP contribution in [0.25, 0.3) is 0 Å². The normalized spacial score (nSPS) is 23.2. The fourth-order valence-electron chi connectivity index (χ4n) is 2.86. The van der Waals surface area contributed by atoms with E-state index >= 15 is 0 Å². The molecule has 1 amide bonds. The molecule has 0 aromatic heterocycles. The van der Waals surface area contributed by atoms with Crippen molar-refractivity contribution in [1.82, 2.24) is 5.32 Å². The highest BCUT2D eigenvalue weighted by molar-refractivity contribution is 5.81. The van der Waals surface area contributed by atoms with Crippen molar-refractivity contribution < 1.29 is 14.3 Å². The van der Waals surface area contributed by atoms with Crippen LogP contribution in [0.4, 0.5) is 0 Å². The van der Waals surface area contributed by atoms with Crippen LogP contribution in [0.2, 0.25) is 0 Å². The molecule has 1 fully saturated rings. The van der Waals surface area contributed by atoms with Crippen molar-refractivity contribution >= 4 is 11.9 Å². The Bertz CT molecular complexity index is 302. The number of hydrogen-bond donors (Lipinski definition) is 1. The Morgan fingerprint density at radius 2 is 1.89 bits per heavy atom. The zero-order valence-corrected chi connectivity index (χ0v) is 12.4. The lowest BCUT2D eigenvalue weighted by molar-refractivity contribution is -0.144. The third-order valence-electron chi connectivity index (χ3n) is 3.88. The average Bonchev–Trinajstić information content (AvgIpc) is 2.37. The molecule has 2 unspecified atom stereocenters. The molecule has 0 aliphatic heterocycles. The molecule has 19 heavy (non-hydrogen) atoms. The molecule has 0 bridgehead atoms. The van der Waals surface area contributed by atoms with E-state index in [1.165, 1.54) is 19.3 Å². The van der Waals surface area contributed by atoms with Gasteiger partial charge in [-0.05, 0) is 31.6 Å². The molecule has 4 nitrogen and oxygen atoms in total. The van der Waals surface area contributed by atoms with E-state index in [1.54, 1.807) is 6.92 Å². The van der Waals surface area contributed by atoms with Gasteiger partial charge in [-0.1, -0.05) is 26.7 Å². The van der Waals surface area contributed by atoms with Crippen molar-refractivity contribution in [2.75, 3.05) is 6.61 Å². The van der Waals surface area contributed by atoms with Gasteiger partial charge in [0.1, 0.15) is 0 Å². The molecule has 1 saturated carbocycles. The average molecular weight is 269 g/mol. The number of amides is 1. The van der Waals surface area contributed by atoms with Gasteiger partial charge in [0.25, 0.3) is 0 Å². The molecule has 0 saturated heterocycles. The summed E-state index contributed by atoms with van der Waals surface area (Å²) < 4.78 is 4.82. The number of nitrogens with one attached hydrogen (secondary N) is 1.